The molecule has 0 heterocycles. The highest BCUT2D eigenvalue weighted by Gasteiger charge is 2.15. The Morgan fingerprint density at radius 3 is 2.86 bits per heavy atom. The standard InChI is InChI=1S/C13H14S/c1-3-4-10-7-11-8-12(14)5-6-13(11)9(10)2/h3-6,8,14H,7H2,1-2H3/b4-3-. The van der Waals surface area contributed by atoms with Crippen molar-refractivity contribution in [3.8, 4) is 0 Å². The van der Waals surface area contributed by atoms with Gasteiger partial charge < -0.3 is 0 Å². The van der Waals surface area contributed by atoms with E-state index in [4.69, 9.17) is 0 Å². The van der Waals surface area contributed by atoms with Crippen LogP contribution in [0.3, 0.4) is 0 Å². The first kappa shape index (κ1) is 9.60. The Morgan fingerprint density at radius 2 is 2.14 bits per heavy atom. The SMILES string of the molecule is C/C=C\C1=C(C)c2ccc(S)cc2C1. The van der Waals surface area contributed by atoms with Crippen molar-refractivity contribution in [2.24, 2.45) is 0 Å². The molecule has 0 saturated carbocycles. The third-order valence-corrected chi connectivity index (χ3v) is 3.00. The van der Waals surface area contributed by atoms with Crippen LogP contribution in [0, 0.1) is 0 Å². The van der Waals surface area contributed by atoms with E-state index in [9.17, 15) is 0 Å². The molecule has 0 spiro atoms. The highest BCUT2D eigenvalue weighted by atomic mass is 32.1. The molecular weight excluding hydrogens is 188 g/mol. The number of rotatable bonds is 1. The molecule has 1 aromatic rings. The Morgan fingerprint density at radius 1 is 1.36 bits per heavy atom. The molecule has 1 aromatic carbocycles. The van der Waals surface area contributed by atoms with Gasteiger partial charge in [-0.15, -0.1) is 12.6 Å². The Bertz CT molecular complexity index is 425. The lowest BCUT2D eigenvalue weighted by Gasteiger charge is -2.00. The van der Waals surface area contributed by atoms with E-state index in [-0.39, 0.29) is 0 Å². The molecule has 1 aliphatic rings. The van der Waals surface area contributed by atoms with Crippen molar-refractivity contribution < 1.29 is 0 Å². The van der Waals surface area contributed by atoms with Crippen LogP contribution in [0.2, 0.25) is 0 Å². The summed E-state index contributed by atoms with van der Waals surface area (Å²) in [7, 11) is 0. The number of fused-ring (bicyclic) bond motifs is 1. The van der Waals surface area contributed by atoms with Crippen LogP contribution in [-0.2, 0) is 6.42 Å². The molecule has 0 fully saturated rings. The smallest absolute Gasteiger partial charge is 0.00432 e. The van der Waals surface area contributed by atoms with E-state index in [1.807, 2.05) is 0 Å². The van der Waals surface area contributed by atoms with Crippen LogP contribution in [0.15, 0.2) is 40.8 Å². The quantitative estimate of drug-likeness (QED) is 0.656. The highest BCUT2D eigenvalue weighted by molar-refractivity contribution is 7.80. The van der Waals surface area contributed by atoms with E-state index < -0.39 is 0 Å². The predicted molar refractivity (Wildman–Crippen MR) is 64.8 cm³/mol. The van der Waals surface area contributed by atoms with Crippen molar-refractivity contribution in [2.45, 2.75) is 25.2 Å². The van der Waals surface area contributed by atoms with Crippen molar-refractivity contribution in [2.75, 3.05) is 0 Å². The average molecular weight is 202 g/mol. The molecule has 0 aromatic heterocycles. The van der Waals surface area contributed by atoms with Crippen LogP contribution < -0.4 is 0 Å². The van der Waals surface area contributed by atoms with Crippen molar-refractivity contribution >= 4 is 18.2 Å². The first-order valence-electron chi connectivity index (χ1n) is 4.87. The Labute approximate surface area is 90.8 Å². The van der Waals surface area contributed by atoms with Gasteiger partial charge >= 0.3 is 0 Å². The zero-order valence-electron chi connectivity index (χ0n) is 8.54. The molecule has 0 atom stereocenters. The first-order valence-corrected chi connectivity index (χ1v) is 5.32. The minimum absolute atomic E-state index is 1.05. The van der Waals surface area contributed by atoms with Gasteiger partial charge in [0.15, 0.2) is 0 Å². The van der Waals surface area contributed by atoms with E-state index in [1.165, 1.54) is 22.3 Å². The van der Waals surface area contributed by atoms with Crippen LogP contribution in [0.25, 0.3) is 5.57 Å². The van der Waals surface area contributed by atoms with E-state index >= 15 is 0 Å². The number of hydrogen-bond acceptors (Lipinski definition) is 1. The molecule has 2 rings (SSSR count). The molecule has 14 heavy (non-hydrogen) atoms. The van der Waals surface area contributed by atoms with Gasteiger partial charge in [-0.25, -0.2) is 0 Å². The fraction of sp³-hybridized carbons (Fsp3) is 0.231. The largest absolute Gasteiger partial charge is 0.143 e. The summed E-state index contributed by atoms with van der Waals surface area (Å²) in [4.78, 5) is 1.05. The van der Waals surface area contributed by atoms with E-state index in [1.54, 1.807) is 0 Å². The van der Waals surface area contributed by atoms with Crippen LogP contribution in [-0.4, -0.2) is 0 Å². The number of benzene rings is 1. The number of allylic oxidation sites excluding steroid dienone is 4. The van der Waals surface area contributed by atoms with E-state index in [0.29, 0.717) is 0 Å². The van der Waals surface area contributed by atoms with E-state index in [2.05, 4.69) is 56.8 Å². The summed E-state index contributed by atoms with van der Waals surface area (Å²) in [5, 5.41) is 0. The zero-order chi connectivity index (χ0) is 10.1. The second-order valence-electron chi connectivity index (χ2n) is 3.67. The molecule has 0 aliphatic heterocycles. The first-order chi connectivity index (χ1) is 6.72. The predicted octanol–water partition coefficient (Wildman–Crippen LogP) is 3.88. The van der Waals surface area contributed by atoms with Crippen LogP contribution in [0.1, 0.15) is 25.0 Å². The molecule has 1 aliphatic carbocycles. The fourth-order valence-electron chi connectivity index (χ4n) is 1.99. The molecule has 0 saturated heterocycles. The van der Waals surface area contributed by atoms with Gasteiger partial charge in [0, 0.05) is 4.90 Å². The normalized spacial score (nSPS) is 15.4. The summed E-state index contributed by atoms with van der Waals surface area (Å²) >= 11 is 4.36. The minimum atomic E-state index is 1.05. The van der Waals surface area contributed by atoms with Crippen molar-refractivity contribution in [1.82, 2.24) is 0 Å². The van der Waals surface area contributed by atoms with Crippen molar-refractivity contribution in [3.63, 3.8) is 0 Å². The molecular formula is C13H14S. The number of thiol groups is 1. The van der Waals surface area contributed by atoms with Gasteiger partial charge in [0.2, 0.25) is 0 Å². The zero-order valence-corrected chi connectivity index (χ0v) is 9.44. The lowest BCUT2D eigenvalue weighted by molar-refractivity contribution is 1.22. The van der Waals surface area contributed by atoms with Crippen LogP contribution >= 0.6 is 12.6 Å². The van der Waals surface area contributed by atoms with Gasteiger partial charge in [0.25, 0.3) is 0 Å². The maximum atomic E-state index is 4.36. The summed E-state index contributed by atoms with van der Waals surface area (Å²) in [6, 6.07) is 6.39. The molecule has 0 radical (unpaired) electrons. The van der Waals surface area contributed by atoms with Gasteiger partial charge in [-0.1, -0.05) is 18.2 Å². The van der Waals surface area contributed by atoms with Gasteiger partial charge in [-0.2, -0.15) is 0 Å². The van der Waals surface area contributed by atoms with Crippen LogP contribution in [0.5, 0.6) is 0 Å². The molecule has 0 bridgehead atoms. The van der Waals surface area contributed by atoms with Gasteiger partial charge in [-0.05, 0) is 54.7 Å². The average Bonchev–Trinajstić information content (AvgIpc) is 2.44. The molecule has 0 unspecified atom stereocenters. The molecule has 0 amide bonds. The molecule has 0 N–H and O–H groups in total. The van der Waals surface area contributed by atoms with Gasteiger partial charge in [0.05, 0.1) is 0 Å². The monoisotopic (exact) mass is 202 g/mol. The summed E-state index contributed by atoms with van der Waals surface area (Å²) in [6.45, 7) is 4.26. The maximum Gasteiger partial charge on any atom is 0.00432 e. The topological polar surface area (TPSA) is 0 Å². The Hall–Kier alpha value is -0.950. The van der Waals surface area contributed by atoms with Gasteiger partial charge in [0.1, 0.15) is 0 Å². The molecule has 0 nitrogen and oxygen atoms in total. The maximum absolute atomic E-state index is 4.36. The fourth-order valence-corrected chi connectivity index (χ4v) is 2.22. The highest BCUT2D eigenvalue weighted by Crippen LogP contribution is 2.34. The van der Waals surface area contributed by atoms with Crippen molar-refractivity contribution in [3.05, 3.63) is 47.1 Å². The summed E-state index contributed by atoms with van der Waals surface area (Å²) in [5.41, 5.74) is 5.63. The third-order valence-electron chi connectivity index (χ3n) is 2.72. The summed E-state index contributed by atoms with van der Waals surface area (Å²) < 4.78 is 0. The van der Waals surface area contributed by atoms with Crippen LogP contribution in [0.4, 0.5) is 0 Å². The minimum Gasteiger partial charge on any atom is -0.143 e. The summed E-state index contributed by atoms with van der Waals surface area (Å²) in [5.74, 6) is 0. The third kappa shape index (κ3) is 1.53. The number of hydrogen-bond donors (Lipinski definition) is 1. The summed E-state index contributed by atoms with van der Waals surface area (Å²) in [6.07, 6.45) is 5.36. The van der Waals surface area contributed by atoms with Gasteiger partial charge in [-0.3, -0.25) is 0 Å². The van der Waals surface area contributed by atoms with Crippen molar-refractivity contribution in [1.29, 1.82) is 0 Å². The molecule has 72 valence electrons. The lowest BCUT2D eigenvalue weighted by Crippen LogP contribution is -1.82. The lowest BCUT2D eigenvalue weighted by atomic mass is 10.1. The second-order valence-corrected chi connectivity index (χ2v) is 4.18. The Balaban J connectivity index is 2.47. The Kier molecular flexibility index (Phi) is 2.51. The second kappa shape index (κ2) is 3.66. The molecule has 1 heteroatoms. The van der Waals surface area contributed by atoms with E-state index in [0.717, 1.165) is 11.3 Å².